The van der Waals surface area contributed by atoms with Crippen LogP contribution in [0.2, 0.25) is 0 Å². The van der Waals surface area contributed by atoms with Gasteiger partial charge in [-0.3, -0.25) is 9.59 Å². The summed E-state index contributed by atoms with van der Waals surface area (Å²) in [4.78, 5) is 24.4. The SMILES string of the molecule is Cn1nnc2ccc(NC(=O)CCc3ccc4c(c3)CCO4)cc2c1=O. The Balaban J connectivity index is 1.44. The lowest BCUT2D eigenvalue weighted by molar-refractivity contribution is -0.116. The van der Waals surface area contributed by atoms with Crippen molar-refractivity contribution >= 4 is 22.5 Å². The number of nitrogens with zero attached hydrogens (tertiary/aromatic N) is 3. The Hall–Kier alpha value is -3.22. The number of hydrogen-bond acceptors (Lipinski definition) is 5. The lowest BCUT2D eigenvalue weighted by atomic mass is 10.0. The Morgan fingerprint density at radius 1 is 1.27 bits per heavy atom. The number of nitrogens with one attached hydrogen (secondary N) is 1. The molecule has 2 aromatic carbocycles. The first-order valence-corrected chi connectivity index (χ1v) is 8.48. The summed E-state index contributed by atoms with van der Waals surface area (Å²) in [5.41, 5.74) is 3.16. The third-order valence-corrected chi connectivity index (χ3v) is 4.49. The molecule has 1 aliphatic rings. The van der Waals surface area contributed by atoms with Crippen molar-refractivity contribution in [1.29, 1.82) is 0 Å². The zero-order valence-corrected chi connectivity index (χ0v) is 14.4. The van der Waals surface area contributed by atoms with E-state index >= 15 is 0 Å². The van der Waals surface area contributed by atoms with Gasteiger partial charge in [-0.15, -0.1) is 5.10 Å². The Morgan fingerprint density at radius 2 is 2.15 bits per heavy atom. The molecule has 4 rings (SSSR count). The molecule has 132 valence electrons. The second-order valence-corrected chi connectivity index (χ2v) is 6.34. The van der Waals surface area contributed by atoms with Crippen molar-refractivity contribution in [3.05, 3.63) is 57.9 Å². The van der Waals surface area contributed by atoms with Gasteiger partial charge in [0.05, 0.1) is 12.0 Å². The molecule has 2 heterocycles. The van der Waals surface area contributed by atoms with E-state index in [4.69, 9.17) is 4.74 Å². The van der Waals surface area contributed by atoms with E-state index in [-0.39, 0.29) is 11.5 Å². The van der Waals surface area contributed by atoms with Crippen LogP contribution in [0.1, 0.15) is 17.5 Å². The van der Waals surface area contributed by atoms with Gasteiger partial charge in [-0.05, 0) is 41.8 Å². The topological polar surface area (TPSA) is 86.1 Å². The highest BCUT2D eigenvalue weighted by Crippen LogP contribution is 2.26. The van der Waals surface area contributed by atoms with Crippen LogP contribution in [-0.4, -0.2) is 27.5 Å². The van der Waals surface area contributed by atoms with Crippen LogP contribution in [0.5, 0.6) is 5.75 Å². The minimum Gasteiger partial charge on any atom is -0.493 e. The number of fused-ring (bicyclic) bond motifs is 2. The number of ether oxygens (including phenoxy) is 1. The van der Waals surface area contributed by atoms with Crippen LogP contribution in [0, 0.1) is 0 Å². The average Bonchev–Trinajstić information content (AvgIpc) is 3.11. The van der Waals surface area contributed by atoms with Crippen LogP contribution in [0.3, 0.4) is 0 Å². The van der Waals surface area contributed by atoms with Gasteiger partial charge in [0.2, 0.25) is 5.91 Å². The van der Waals surface area contributed by atoms with Crippen molar-refractivity contribution in [2.45, 2.75) is 19.3 Å². The number of aromatic nitrogens is 3. The predicted molar refractivity (Wildman–Crippen MR) is 97.4 cm³/mol. The van der Waals surface area contributed by atoms with Gasteiger partial charge in [0.25, 0.3) is 5.56 Å². The summed E-state index contributed by atoms with van der Waals surface area (Å²) in [5.74, 6) is 0.846. The molecule has 1 aromatic heterocycles. The molecule has 7 heteroatoms. The Kier molecular flexibility index (Phi) is 4.12. The number of anilines is 1. The first kappa shape index (κ1) is 16.3. The summed E-state index contributed by atoms with van der Waals surface area (Å²) >= 11 is 0. The van der Waals surface area contributed by atoms with E-state index in [2.05, 4.69) is 21.7 Å². The molecule has 0 aliphatic carbocycles. The second-order valence-electron chi connectivity index (χ2n) is 6.34. The number of amides is 1. The standard InChI is InChI=1S/C19H18N4O3/c1-23-19(25)15-11-14(4-5-16(15)21-22-23)20-18(24)7-3-12-2-6-17-13(10-12)8-9-26-17/h2,4-6,10-11H,3,7-9H2,1H3,(H,20,24). The quantitative estimate of drug-likeness (QED) is 0.776. The molecule has 1 amide bonds. The summed E-state index contributed by atoms with van der Waals surface area (Å²) in [6, 6.07) is 11.1. The van der Waals surface area contributed by atoms with Crippen LogP contribution >= 0.6 is 0 Å². The van der Waals surface area contributed by atoms with E-state index in [9.17, 15) is 9.59 Å². The monoisotopic (exact) mass is 350 g/mol. The normalized spacial score (nSPS) is 12.7. The Labute approximate surface area is 149 Å². The zero-order chi connectivity index (χ0) is 18.1. The lowest BCUT2D eigenvalue weighted by Gasteiger charge is -2.07. The number of aryl methyl sites for hydroxylation is 2. The maximum atomic E-state index is 12.3. The summed E-state index contributed by atoms with van der Waals surface area (Å²) in [7, 11) is 1.54. The third-order valence-electron chi connectivity index (χ3n) is 4.49. The number of rotatable bonds is 4. The van der Waals surface area contributed by atoms with E-state index in [1.807, 2.05) is 12.1 Å². The first-order valence-electron chi connectivity index (χ1n) is 8.48. The fourth-order valence-corrected chi connectivity index (χ4v) is 3.08. The highest BCUT2D eigenvalue weighted by atomic mass is 16.5. The number of carbonyl (C=O) groups is 1. The summed E-state index contributed by atoms with van der Waals surface area (Å²) in [5, 5.41) is 11.0. The summed E-state index contributed by atoms with van der Waals surface area (Å²) in [6.45, 7) is 0.727. The number of hydrogen-bond donors (Lipinski definition) is 1. The lowest BCUT2D eigenvalue weighted by Crippen LogP contribution is -2.21. The van der Waals surface area contributed by atoms with Crippen molar-refractivity contribution < 1.29 is 9.53 Å². The van der Waals surface area contributed by atoms with E-state index in [1.165, 1.54) is 10.2 Å². The van der Waals surface area contributed by atoms with Gasteiger partial charge < -0.3 is 10.1 Å². The summed E-state index contributed by atoms with van der Waals surface area (Å²) < 4.78 is 6.67. The van der Waals surface area contributed by atoms with Crippen molar-refractivity contribution in [2.24, 2.45) is 7.05 Å². The van der Waals surface area contributed by atoms with E-state index in [0.717, 1.165) is 24.3 Å². The third kappa shape index (κ3) is 3.15. The maximum absolute atomic E-state index is 12.3. The molecule has 0 radical (unpaired) electrons. The van der Waals surface area contributed by atoms with Crippen LogP contribution in [0.4, 0.5) is 5.69 Å². The minimum absolute atomic E-state index is 0.0973. The average molecular weight is 350 g/mol. The Morgan fingerprint density at radius 3 is 3.04 bits per heavy atom. The van der Waals surface area contributed by atoms with E-state index in [0.29, 0.717) is 29.4 Å². The molecular formula is C19H18N4O3. The van der Waals surface area contributed by atoms with Crippen molar-refractivity contribution in [3.8, 4) is 5.75 Å². The molecule has 0 saturated carbocycles. The van der Waals surface area contributed by atoms with Crippen LogP contribution in [0.25, 0.3) is 10.9 Å². The first-order chi connectivity index (χ1) is 12.6. The maximum Gasteiger partial charge on any atom is 0.277 e. The van der Waals surface area contributed by atoms with Crippen LogP contribution in [0.15, 0.2) is 41.2 Å². The highest BCUT2D eigenvalue weighted by Gasteiger charge is 2.13. The van der Waals surface area contributed by atoms with Crippen LogP contribution < -0.4 is 15.6 Å². The van der Waals surface area contributed by atoms with E-state index < -0.39 is 0 Å². The number of benzene rings is 2. The summed E-state index contributed by atoms with van der Waals surface area (Å²) in [6.07, 6.45) is 1.94. The van der Waals surface area contributed by atoms with E-state index in [1.54, 1.807) is 25.2 Å². The second kappa shape index (κ2) is 6.59. The Bertz CT molecular complexity index is 1060. The van der Waals surface area contributed by atoms with Gasteiger partial charge >= 0.3 is 0 Å². The smallest absolute Gasteiger partial charge is 0.277 e. The van der Waals surface area contributed by atoms with Gasteiger partial charge in [-0.25, -0.2) is 4.68 Å². The fraction of sp³-hybridized carbons (Fsp3) is 0.263. The molecule has 7 nitrogen and oxygen atoms in total. The van der Waals surface area contributed by atoms with Crippen molar-refractivity contribution in [1.82, 2.24) is 15.0 Å². The molecule has 0 spiro atoms. The van der Waals surface area contributed by atoms with Gasteiger partial charge in [0.15, 0.2) is 0 Å². The fourth-order valence-electron chi connectivity index (χ4n) is 3.08. The van der Waals surface area contributed by atoms with Gasteiger partial charge in [-0.2, -0.15) is 0 Å². The van der Waals surface area contributed by atoms with Gasteiger partial charge in [-0.1, -0.05) is 17.3 Å². The molecule has 3 aromatic rings. The molecular weight excluding hydrogens is 332 g/mol. The van der Waals surface area contributed by atoms with Gasteiger partial charge in [0.1, 0.15) is 11.3 Å². The molecule has 0 saturated heterocycles. The predicted octanol–water partition coefficient (Wildman–Crippen LogP) is 1.83. The molecule has 0 fully saturated rings. The largest absolute Gasteiger partial charge is 0.493 e. The molecule has 0 atom stereocenters. The highest BCUT2D eigenvalue weighted by molar-refractivity contribution is 5.93. The molecule has 1 N–H and O–H groups in total. The number of carbonyl (C=O) groups excluding carboxylic acids is 1. The molecule has 1 aliphatic heterocycles. The van der Waals surface area contributed by atoms with Crippen LogP contribution in [-0.2, 0) is 24.7 Å². The zero-order valence-electron chi connectivity index (χ0n) is 14.4. The molecule has 26 heavy (non-hydrogen) atoms. The molecule has 0 bridgehead atoms. The van der Waals surface area contributed by atoms with Crippen molar-refractivity contribution in [3.63, 3.8) is 0 Å². The van der Waals surface area contributed by atoms with Gasteiger partial charge in [0, 0.05) is 25.6 Å². The van der Waals surface area contributed by atoms with Crippen molar-refractivity contribution in [2.75, 3.05) is 11.9 Å². The molecule has 0 unspecified atom stereocenters. The minimum atomic E-state index is -0.244.